The molecule has 15 heavy (non-hydrogen) atoms. The van der Waals surface area contributed by atoms with Gasteiger partial charge in [-0.25, -0.2) is 0 Å². The minimum atomic E-state index is 0.656. The van der Waals surface area contributed by atoms with E-state index in [0.717, 1.165) is 5.92 Å². The zero-order valence-corrected chi connectivity index (χ0v) is 11.5. The third kappa shape index (κ3) is 2.24. The summed E-state index contributed by atoms with van der Waals surface area (Å²) in [6, 6.07) is 0. The van der Waals surface area contributed by atoms with Crippen molar-refractivity contribution < 1.29 is 0 Å². The fourth-order valence-corrected chi connectivity index (χ4v) is 3.82. The van der Waals surface area contributed by atoms with Crippen LogP contribution in [-0.4, -0.2) is 0 Å². The van der Waals surface area contributed by atoms with Gasteiger partial charge < -0.3 is 0 Å². The van der Waals surface area contributed by atoms with Crippen LogP contribution in [0, 0.1) is 16.7 Å². The molecule has 0 aromatic heterocycles. The highest BCUT2D eigenvalue weighted by Crippen LogP contribution is 2.63. The van der Waals surface area contributed by atoms with Gasteiger partial charge in [0.05, 0.1) is 0 Å². The molecule has 0 radical (unpaired) electrons. The molecule has 0 heteroatoms. The Kier molecular flexibility index (Phi) is 4.26. The molecule has 1 aliphatic rings. The molecule has 0 aromatic rings. The Balaban J connectivity index is 2.62. The van der Waals surface area contributed by atoms with Crippen LogP contribution in [0.2, 0.25) is 0 Å². The highest BCUT2D eigenvalue weighted by Gasteiger charge is 2.53. The summed E-state index contributed by atoms with van der Waals surface area (Å²) >= 11 is 0. The quantitative estimate of drug-likeness (QED) is 0.549. The normalized spacial score (nSPS) is 37.4. The SMILES string of the molecule is CCCC(C)CC1(CC)CCC1(C)CC. The molecule has 0 amide bonds. The van der Waals surface area contributed by atoms with Crippen molar-refractivity contribution >= 4 is 0 Å². The van der Waals surface area contributed by atoms with Gasteiger partial charge in [-0.3, -0.25) is 0 Å². The molecule has 0 aliphatic heterocycles. The smallest absolute Gasteiger partial charge is 0.0244 e. The van der Waals surface area contributed by atoms with Crippen LogP contribution in [0.15, 0.2) is 0 Å². The van der Waals surface area contributed by atoms with Crippen LogP contribution in [0.1, 0.15) is 79.6 Å². The highest BCUT2D eigenvalue weighted by atomic mass is 14.6. The van der Waals surface area contributed by atoms with Crippen molar-refractivity contribution in [3.8, 4) is 0 Å². The van der Waals surface area contributed by atoms with Gasteiger partial charge in [-0.05, 0) is 42.4 Å². The topological polar surface area (TPSA) is 0 Å². The second kappa shape index (κ2) is 4.89. The fourth-order valence-electron chi connectivity index (χ4n) is 3.82. The number of hydrogen-bond acceptors (Lipinski definition) is 0. The van der Waals surface area contributed by atoms with Crippen LogP contribution in [0.3, 0.4) is 0 Å². The molecule has 0 nitrogen and oxygen atoms in total. The van der Waals surface area contributed by atoms with Gasteiger partial charge in [-0.15, -0.1) is 0 Å². The summed E-state index contributed by atoms with van der Waals surface area (Å²) in [5, 5.41) is 0. The average molecular weight is 210 g/mol. The molecule has 0 bridgehead atoms. The maximum Gasteiger partial charge on any atom is -0.0244 e. The average Bonchev–Trinajstić information content (AvgIpc) is 2.23. The molecule has 3 atom stereocenters. The van der Waals surface area contributed by atoms with Gasteiger partial charge in [0.25, 0.3) is 0 Å². The second-order valence-electron chi connectivity index (χ2n) is 6.15. The summed E-state index contributed by atoms with van der Waals surface area (Å²) in [5.41, 5.74) is 1.35. The molecule has 0 saturated heterocycles. The molecule has 1 rings (SSSR count). The largest absolute Gasteiger partial charge is 0.0654 e. The lowest BCUT2D eigenvalue weighted by Gasteiger charge is -2.59. The fraction of sp³-hybridized carbons (Fsp3) is 1.00. The van der Waals surface area contributed by atoms with E-state index in [-0.39, 0.29) is 0 Å². The van der Waals surface area contributed by atoms with E-state index in [9.17, 15) is 0 Å². The molecule has 1 saturated carbocycles. The van der Waals surface area contributed by atoms with Crippen LogP contribution in [-0.2, 0) is 0 Å². The lowest BCUT2D eigenvalue weighted by molar-refractivity contribution is -0.0899. The van der Waals surface area contributed by atoms with Crippen LogP contribution < -0.4 is 0 Å². The van der Waals surface area contributed by atoms with Crippen LogP contribution >= 0.6 is 0 Å². The summed E-state index contributed by atoms with van der Waals surface area (Å²) in [6.45, 7) is 12.1. The van der Waals surface area contributed by atoms with Crippen molar-refractivity contribution in [2.45, 2.75) is 79.6 Å². The first kappa shape index (κ1) is 13.1. The molecule has 0 spiro atoms. The van der Waals surface area contributed by atoms with Gasteiger partial charge in [-0.1, -0.05) is 53.9 Å². The Bertz CT molecular complexity index is 188. The van der Waals surface area contributed by atoms with Crippen molar-refractivity contribution in [2.75, 3.05) is 0 Å². The maximum absolute atomic E-state index is 2.53. The van der Waals surface area contributed by atoms with Crippen molar-refractivity contribution in [3.63, 3.8) is 0 Å². The molecule has 90 valence electrons. The summed E-state index contributed by atoms with van der Waals surface area (Å²) in [6.07, 6.45) is 9.97. The van der Waals surface area contributed by atoms with E-state index in [4.69, 9.17) is 0 Å². The monoisotopic (exact) mass is 210 g/mol. The van der Waals surface area contributed by atoms with Gasteiger partial charge in [0.15, 0.2) is 0 Å². The Morgan fingerprint density at radius 2 is 1.73 bits per heavy atom. The standard InChI is InChI=1S/C15H30/c1-6-9-13(4)12-15(8-3)11-10-14(15,5)7-2/h13H,6-12H2,1-5H3. The van der Waals surface area contributed by atoms with Gasteiger partial charge in [-0.2, -0.15) is 0 Å². The Morgan fingerprint density at radius 3 is 2.07 bits per heavy atom. The van der Waals surface area contributed by atoms with Crippen molar-refractivity contribution in [2.24, 2.45) is 16.7 Å². The van der Waals surface area contributed by atoms with Crippen molar-refractivity contribution in [1.29, 1.82) is 0 Å². The molecule has 0 aromatic carbocycles. The highest BCUT2D eigenvalue weighted by molar-refractivity contribution is 5.03. The first-order valence-corrected chi connectivity index (χ1v) is 7.03. The predicted molar refractivity (Wildman–Crippen MR) is 69.0 cm³/mol. The van der Waals surface area contributed by atoms with Crippen LogP contribution in [0.25, 0.3) is 0 Å². The third-order valence-corrected chi connectivity index (χ3v) is 5.41. The zero-order chi connectivity index (χ0) is 11.5. The first-order valence-electron chi connectivity index (χ1n) is 7.03. The molecule has 0 N–H and O–H groups in total. The zero-order valence-electron chi connectivity index (χ0n) is 11.5. The Hall–Kier alpha value is 0. The molecular weight excluding hydrogens is 180 g/mol. The van der Waals surface area contributed by atoms with Gasteiger partial charge in [0, 0.05) is 0 Å². The molecular formula is C15H30. The Morgan fingerprint density at radius 1 is 1.07 bits per heavy atom. The van der Waals surface area contributed by atoms with Crippen LogP contribution in [0.4, 0.5) is 0 Å². The molecule has 1 fully saturated rings. The molecule has 0 heterocycles. The van der Waals surface area contributed by atoms with Crippen LogP contribution in [0.5, 0.6) is 0 Å². The third-order valence-electron chi connectivity index (χ3n) is 5.41. The van der Waals surface area contributed by atoms with Crippen molar-refractivity contribution in [3.05, 3.63) is 0 Å². The molecule has 3 unspecified atom stereocenters. The Labute approximate surface area is 96.8 Å². The van der Waals surface area contributed by atoms with E-state index in [1.807, 2.05) is 0 Å². The minimum absolute atomic E-state index is 0.656. The lowest BCUT2D eigenvalue weighted by atomic mass is 9.46. The number of rotatable bonds is 6. The summed E-state index contributed by atoms with van der Waals surface area (Å²) in [7, 11) is 0. The van der Waals surface area contributed by atoms with E-state index in [0.29, 0.717) is 10.8 Å². The first-order chi connectivity index (χ1) is 7.03. The van der Waals surface area contributed by atoms with Crippen molar-refractivity contribution in [1.82, 2.24) is 0 Å². The number of hydrogen-bond donors (Lipinski definition) is 0. The second-order valence-corrected chi connectivity index (χ2v) is 6.15. The van der Waals surface area contributed by atoms with Gasteiger partial charge in [0.2, 0.25) is 0 Å². The van der Waals surface area contributed by atoms with Gasteiger partial charge in [0.1, 0.15) is 0 Å². The lowest BCUT2D eigenvalue weighted by Crippen LogP contribution is -2.49. The van der Waals surface area contributed by atoms with Gasteiger partial charge >= 0.3 is 0 Å². The summed E-state index contributed by atoms with van der Waals surface area (Å²) in [5.74, 6) is 0.932. The minimum Gasteiger partial charge on any atom is -0.0654 e. The maximum atomic E-state index is 2.53. The van der Waals surface area contributed by atoms with E-state index in [1.54, 1.807) is 0 Å². The van der Waals surface area contributed by atoms with E-state index < -0.39 is 0 Å². The van der Waals surface area contributed by atoms with E-state index in [2.05, 4.69) is 34.6 Å². The van der Waals surface area contributed by atoms with E-state index in [1.165, 1.54) is 44.9 Å². The predicted octanol–water partition coefficient (Wildman–Crippen LogP) is 5.42. The molecule has 1 aliphatic carbocycles. The van der Waals surface area contributed by atoms with E-state index >= 15 is 0 Å². The summed E-state index contributed by atoms with van der Waals surface area (Å²) in [4.78, 5) is 0. The summed E-state index contributed by atoms with van der Waals surface area (Å²) < 4.78 is 0.